The molecule has 0 aliphatic carbocycles. The molecule has 0 saturated heterocycles. The molecule has 4 rings (SSSR count). The lowest BCUT2D eigenvalue weighted by molar-refractivity contribution is -0.384. The van der Waals surface area contributed by atoms with Gasteiger partial charge in [-0.2, -0.15) is 8.78 Å². The third kappa shape index (κ3) is 4.93. The number of non-ortho nitro benzene ring substituents is 1. The van der Waals surface area contributed by atoms with E-state index in [1.807, 2.05) is 0 Å². The second-order valence-electron chi connectivity index (χ2n) is 7.60. The van der Waals surface area contributed by atoms with Gasteiger partial charge in [-0.15, -0.1) is 0 Å². The van der Waals surface area contributed by atoms with Crippen LogP contribution in [0.15, 0.2) is 69.6 Å². The molecule has 1 unspecified atom stereocenters. The summed E-state index contributed by atoms with van der Waals surface area (Å²) in [4.78, 5) is 42.0. The van der Waals surface area contributed by atoms with Gasteiger partial charge in [0.2, 0.25) is 0 Å². The first kappa shape index (κ1) is 24.9. The molecule has 1 atom stereocenters. The van der Waals surface area contributed by atoms with Gasteiger partial charge in [-0.05, 0) is 43.2 Å². The van der Waals surface area contributed by atoms with E-state index in [2.05, 4.69) is 9.73 Å². The van der Waals surface area contributed by atoms with Crippen molar-refractivity contribution in [3.05, 3.63) is 101 Å². The van der Waals surface area contributed by atoms with E-state index in [0.29, 0.717) is 21.6 Å². The van der Waals surface area contributed by atoms with E-state index in [1.54, 1.807) is 26.0 Å². The Balaban J connectivity index is 1.88. The van der Waals surface area contributed by atoms with Gasteiger partial charge in [-0.1, -0.05) is 35.6 Å². The number of halogens is 2. The minimum atomic E-state index is -2.95. The molecular weight excluding hydrogens is 496 g/mol. The van der Waals surface area contributed by atoms with Crippen molar-refractivity contribution in [3.63, 3.8) is 0 Å². The summed E-state index contributed by atoms with van der Waals surface area (Å²) < 4.78 is 35.9. The Morgan fingerprint density at radius 2 is 2.00 bits per heavy atom. The van der Waals surface area contributed by atoms with Crippen LogP contribution in [0.4, 0.5) is 14.5 Å². The van der Waals surface area contributed by atoms with Crippen LogP contribution in [0.25, 0.3) is 6.08 Å². The molecule has 36 heavy (non-hydrogen) atoms. The largest absolute Gasteiger partial charge is 0.463 e. The predicted molar refractivity (Wildman–Crippen MR) is 127 cm³/mol. The number of aromatic nitrogens is 1. The third-order valence-corrected chi connectivity index (χ3v) is 6.30. The molecule has 2 aromatic carbocycles. The van der Waals surface area contributed by atoms with Crippen LogP contribution in [-0.2, 0) is 9.53 Å². The highest BCUT2D eigenvalue weighted by atomic mass is 32.1. The molecule has 3 aromatic rings. The zero-order valence-electron chi connectivity index (χ0n) is 19.0. The summed E-state index contributed by atoms with van der Waals surface area (Å²) >= 11 is 1.07. The van der Waals surface area contributed by atoms with E-state index in [0.717, 1.165) is 11.3 Å². The summed E-state index contributed by atoms with van der Waals surface area (Å²) in [6.07, 6.45) is 1.56. The quantitative estimate of drug-likeness (QED) is 0.271. The Kier molecular flexibility index (Phi) is 7.06. The van der Waals surface area contributed by atoms with Crippen molar-refractivity contribution in [2.45, 2.75) is 26.5 Å². The van der Waals surface area contributed by atoms with Gasteiger partial charge in [-0.3, -0.25) is 19.5 Å². The van der Waals surface area contributed by atoms with Crippen molar-refractivity contribution < 1.29 is 28.0 Å². The second-order valence-corrected chi connectivity index (χ2v) is 8.61. The summed E-state index contributed by atoms with van der Waals surface area (Å²) in [7, 11) is 0. The van der Waals surface area contributed by atoms with Crippen molar-refractivity contribution in [2.75, 3.05) is 6.61 Å². The number of hydrogen-bond acceptors (Lipinski definition) is 8. The van der Waals surface area contributed by atoms with Crippen molar-refractivity contribution in [1.29, 1.82) is 0 Å². The maximum atomic E-state index is 13.5. The number of nitro benzene ring substituents is 1. The number of nitrogens with zero attached hydrogens (tertiary/aromatic N) is 3. The lowest BCUT2D eigenvalue weighted by Gasteiger charge is -2.24. The second kappa shape index (κ2) is 10.2. The van der Waals surface area contributed by atoms with E-state index in [4.69, 9.17) is 4.74 Å². The molecule has 1 aliphatic rings. The highest BCUT2D eigenvalue weighted by Gasteiger charge is 2.34. The lowest BCUT2D eigenvalue weighted by atomic mass is 9.95. The number of allylic oxidation sites excluding steroid dienone is 1. The summed E-state index contributed by atoms with van der Waals surface area (Å²) in [6, 6.07) is 10.4. The number of alkyl halides is 2. The minimum Gasteiger partial charge on any atom is -0.463 e. The summed E-state index contributed by atoms with van der Waals surface area (Å²) in [6.45, 7) is 0.385. The number of thiazole rings is 1. The Bertz CT molecular complexity index is 1540. The van der Waals surface area contributed by atoms with Gasteiger partial charge >= 0.3 is 12.6 Å². The SMILES string of the molecule is CCOC(=O)C1=C(C)N=c2s/c(=C\c3ccc(OC(F)F)cc3)c(=O)n2C1c1cccc([N+](=O)[O-])c1. The van der Waals surface area contributed by atoms with E-state index >= 15 is 0 Å². The van der Waals surface area contributed by atoms with Crippen LogP contribution in [0.5, 0.6) is 5.75 Å². The fourth-order valence-electron chi connectivity index (χ4n) is 3.81. The smallest absolute Gasteiger partial charge is 0.387 e. The average molecular weight is 515 g/mol. The van der Waals surface area contributed by atoms with Crippen molar-refractivity contribution in [1.82, 2.24) is 4.57 Å². The Hall–Kier alpha value is -4.19. The maximum Gasteiger partial charge on any atom is 0.387 e. The average Bonchev–Trinajstić information content (AvgIpc) is 3.13. The van der Waals surface area contributed by atoms with Crippen LogP contribution >= 0.6 is 11.3 Å². The third-order valence-electron chi connectivity index (χ3n) is 5.32. The Morgan fingerprint density at radius 3 is 2.64 bits per heavy atom. The van der Waals surface area contributed by atoms with Gasteiger partial charge in [0.25, 0.3) is 11.2 Å². The number of nitro groups is 1. The van der Waals surface area contributed by atoms with Gasteiger partial charge in [0.15, 0.2) is 4.80 Å². The molecule has 0 spiro atoms. The van der Waals surface area contributed by atoms with Gasteiger partial charge in [0.1, 0.15) is 5.75 Å². The van der Waals surface area contributed by atoms with E-state index in [-0.39, 0.29) is 28.1 Å². The first-order valence-electron chi connectivity index (χ1n) is 10.7. The number of ether oxygens (including phenoxy) is 2. The van der Waals surface area contributed by atoms with E-state index in [1.165, 1.54) is 47.0 Å². The number of carbonyl (C=O) groups is 1. The van der Waals surface area contributed by atoms with Crippen LogP contribution in [0.1, 0.15) is 31.0 Å². The van der Waals surface area contributed by atoms with Gasteiger partial charge in [0.05, 0.1) is 33.4 Å². The standard InChI is InChI=1S/C24H19F2N3O6S/c1-3-34-22(31)19-13(2)27-24-28(20(19)15-5-4-6-16(12-15)29(32)33)21(30)18(36-24)11-14-7-9-17(10-8-14)35-23(25)26/h4-12,20,23H,3H2,1-2H3/b18-11-. The van der Waals surface area contributed by atoms with Crippen molar-refractivity contribution >= 4 is 29.1 Å². The van der Waals surface area contributed by atoms with Gasteiger partial charge in [0, 0.05) is 12.1 Å². The molecule has 0 saturated carbocycles. The van der Waals surface area contributed by atoms with Crippen LogP contribution < -0.4 is 19.6 Å². The Morgan fingerprint density at radius 1 is 1.28 bits per heavy atom. The lowest BCUT2D eigenvalue weighted by Crippen LogP contribution is -2.39. The summed E-state index contributed by atoms with van der Waals surface area (Å²) in [5, 5.41) is 11.4. The normalized spacial score (nSPS) is 15.5. The van der Waals surface area contributed by atoms with Crippen LogP contribution in [0.2, 0.25) is 0 Å². The van der Waals surface area contributed by atoms with E-state index < -0.39 is 29.1 Å². The van der Waals surface area contributed by atoms with Gasteiger partial charge < -0.3 is 9.47 Å². The van der Waals surface area contributed by atoms with Crippen LogP contribution in [-0.4, -0.2) is 28.7 Å². The molecule has 2 heterocycles. The topological polar surface area (TPSA) is 113 Å². The highest BCUT2D eigenvalue weighted by molar-refractivity contribution is 7.07. The summed E-state index contributed by atoms with van der Waals surface area (Å²) in [5.74, 6) is -0.705. The number of fused-ring (bicyclic) bond motifs is 1. The molecule has 1 aromatic heterocycles. The molecule has 0 radical (unpaired) electrons. The molecule has 0 N–H and O–H groups in total. The molecular formula is C24H19F2N3O6S. The zero-order valence-corrected chi connectivity index (χ0v) is 19.8. The van der Waals surface area contributed by atoms with Crippen molar-refractivity contribution in [2.24, 2.45) is 4.99 Å². The molecule has 9 nitrogen and oxygen atoms in total. The van der Waals surface area contributed by atoms with Crippen molar-refractivity contribution in [3.8, 4) is 5.75 Å². The number of rotatable bonds is 7. The molecule has 0 bridgehead atoms. The number of benzene rings is 2. The number of hydrogen-bond donors (Lipinski definition) is 0. The minimum absolute atomic E-state index is 0.0241. The molecule has 12 heteroatoms. The molecule has 0 fully saturated rings. The molecule has 186 valence electrons. The predicted octanol–water partition coefficient (Wildman–Crippen LogP) is 3.31. The first-order valence-corrected chi connectivity index (χ1v) is 11.5. The highest BCUT2D eigenvalue weighted by Crippen LogP contribution is 2.32. The molecule has 0 amide bonds. The Labute approximate surface area is 206 Å². The first-order chi connectivity index (χ1) is 17.2. The fraction of sp³-hybridized carbons (Fsp3) is 0.208. The van der Waals surface area contributed by atoms with Gasteiger partial charge in [-0.25, -0.2) is 9.79 Å². The van der Waals surface area contributed by atoms with E-state index in [9.17, 15) is 28.5 Å². The fourth-order valence-corrected chi connectivity index (χ4v) is 4.86. The van der Waals surface area contributed by atoms with Crippen LogP contribution in [0, 0.1) is 10.1 Å². The number of carbonyl (C=O) groups excluding carboxylic acids is 1. The monoisotopic (exact) mass is 515 g/mol. The number of esters is 1. The molecule has 1 aliphatic heterocycles. The summed E-state index contributed by atoms with van der Waals surface area (Å²) in [5.41, 5.74) is 0.657. The maximum absolute atomic E-state index is 13.5. The zero-order chi connectivity index (χ0) is 26.0. The van der Waals surface area contributed by atoms with Crippen LogP contribution in [0.3, 0.4) is 0 Å².